The largest absolute Gasteiger partial charge is 0.318 e. The predicted octanol–water partition coefficient (Wildman–Crippen LogP) is 1.86. The summed E-state index contributed by atoms with van der Waals surface area (Å²) in [4.78, 5) is 12.9. The molecule has 3 rings (SSSR count). The molecule has 0 fully saturated rings. The average Bonchev–Trinajstić information content (AvgIpc) is 2.88. The van der Waals surface area contributed by atoms with E-state index in [9.17, 15) is 13.2 Å². The maximum Gasteiger partial charge on any atom is 0.271 e. The van der Waals surface area contributed by atoms with E-state index in [1.165, 1.54) is 17.4 Å². The van der Waals surface area contributed by atoms with E-state index in [0.717, 1.165) is 16.5 Å². The van der Waals surface area contributed by atoms with E-state index in [1.54, 1.807) is 18.2 Å². The smallest absolute Gasteiger partial charge is 0.271 e. The van der Waals surface area contributed by atoms with Gasteiger partial charge in [0.25, 0.3) is 5.91 Å². The Hall–Kier alpha value is -2.65. The van der Waals surface area contributed by atoms with Crippen molar-refractivity contribution in [3.63, 3.8) is 0 Å². The molecule has 0 atom stereocenters. The number of benzene rings is 2. The highest BCUT2D eigenvalue weighted by Gasteiger charge is 2.08. The molecule has 0 saturated heterocycles. The minimum absolute atomic E-state index is 0.307. The molecule has 1 heterocycles. The number of hydrogen-bond acceptors (Lipinski definition) is 5. The summed E-state index contributed by atoms with van der Waals surface area (Å²) in [5, 5.41) is 4.17. The fraction of sp³-hybridized carbons (Fsp3) is 0.125. The van der Waals surface area contributed by atoms with E-state index < -0.39 is 15.9 Å². The number of rotatable bonds is 4. The molecule has 0 saturated carbocycles. The molecule has 25 heavy (non-hydrogen) atoms. The molecule has 130 valence electrons. The van der Waals surface area contributed by atoms with E-state index >= 15 is 0 Å². The van der Waals surface area contributed by atoms with Crippen LogP contribution in [0.4, 0.5) is 5.69 Å². The third-order valence-corrected chi connectivity index (χ3v) is 5.12. The molecule has 0 aliphatic carbocycles. The van der Waals surface area contributed by atoms with Crippen LogP contribution in [0.25, 0.3) is 10.2 Å². The molecule has 1 aromatic heterocycles. The van der Waals surface area contributed by atoms with Gasteiger partial charge < -0.3 is 4.57 Å². The number of nitrogens with one attached hydrogen (secondary N) is 2. The minimum Gasteiger partial charge on any atom is -0.318 e. The van der Waals surface area contributed by atoms with Crippen molar-refractivity contribution < 1.29 is 13.2 Å². The Labute approximate surface area is 148 Å². The van der Waals surface area contributed by atoms with Crippen molar-refractivity contribution in [3.8, 4) is 0 Å². The highest BCUT2D eigenvalue weighted by atomic mass is 32.2. The normalized spacial score (nSPS) is 12.3. The van der Waals surface area contributed by atoms with Crippen molar-refractivity contribution in [2.75, 3.05) is 11.0 Å². The van der Waals surface area contributed by atoms with Crippen LogP contribution in [0.5, 0.6) is 0 Å². The Bertz CT molecular complexity index is 1110. The SMILES string of the molecule is Cn1/c(=N/NC(=O)c2cccc(NS(C)(=O)=O)c2)sc2ccccc21. The monoisotopic (exact) mass is 376 g/mol. The van der Waals surface area contributed by atoms with Crippen molar-refractivity contribution >= 4 is 43.2 Å². The average molecular weight is 376 g/mol. The molecule has 0 unspecified atom stereocenters. The lowest BCUT2D eigenvalue weighted by Gasteiger charge is -2.05. The van der Waals surface area contributed by atoms with Crippen LogP contribution in [-0.2, 0) is 17.1 Å². The highest BCUT2D eigenvalue weighted by Crippen LogP contribution is 2.15. The van der Waals surface area contributed by atoms with Crippen molar-refractivity contribution in [2.45, 2.75) is 0 Å². The number of carbonyl (C=O) groups excluding carboxylic acids is 1. The van der Waals surface area contributed by atoms with Crippen molar-refractivity contribution in [1.82, 2.24) is 9.99 Å². The minimum atomic E-state index is -3.40. The molecule has 7 nitrogen and oxygen atoms in total. The molecule has 3 aromatic rings. The lowest BCUT2D eigenvalue weighted by molar-refractivity contribution is 0.0953. The zero-order valence-electron chi connectivity index (χ0n) is 13.6. The second-order valence-electron chi connectivity index (χ2n) is 5.42. The van der Waals surface area contributed by atoms with E-state index in [-0.39, 0.29) is 0 Å². The quantitative estimate of drug-likeness (QED) is 0.681. The second-order valence-corrected chi connectivity index (χ2v) is 8.18. The molecule has 9 heteroatoms. The molecular weight excluding hydrogens is 360 g/mol. The van der Waals surface area contributed by atoms with Gasteiger partial charge in [0.15, 0.2) is 0 Å². The summed E-state index contributed by atoms with van der Waals surface area (Å²) in [5.41, 5.74) is 4.16. The van der Waals surface area contributed by atoms with Gasteiger partial charge >= 0.3 is 0 Å². The fourth-order valence-electron chi connectivity index (χ4n) is 2.29. The zero-order valence-corrected chi connectivity index (χ0v) is 15.2. The molecule has 1 amide bonds. The zero-order chi connectivity index (χ0) is 18.0. The van der Waals surface area contributed by atoms with Crippen molar-refractivity contribution in [1.29, 1.82) is 0 Å². The number of carbonyl (C=O) groups is 1. The van der Waals surface area contributed by atoms with Gasteiger partial charge in [-0.1, -0.05) is 29.5 Å². The molecule has 0 radical (unpaired) electrons. The molecule has 2 N–H and O–H groups in total. The summed E-state index contributed by atoms with van der Waals surface area (Å²) in [6.45, 7) is 0. The number of nitrogens with zero attached hydrogens (tertiary/aromatic N) is 2. The van der Waals surface area contributed by atoms with E-state index in [2.05, 4.69) is 15.2 Å². The first kappa shape index (κ1) is 17.2. The molecule has 0 aliphatic rings. The van der Waals surface area contributed by atoms with Gasteiger partial charge in [-0.3, -0.25) is 9.52 Å². The number of hydrogen-bond donors (Lipinski definition) is 2. The summed E-state index contributed by atoms with van der Waals surface area (Å²) in [7, 11) is -1.53. The summed E-state index contributed by atoms with van der Waals surface area (Å²) in [6, 6.07) is 14.1. The predicted molar refractivity (Wildman–Crippen MR) is 98.7 cm³/mol. The van der Waals surface area contributed by atoms with Crippen LogP contribution in [0.1, 0.15) is 10.4 Å². The maximum atomic E-state index is 12.3. The Kier molecular flexibility index (Phi) is 4.60. The fourth-order valence-corrected chi connectivity index (χ4v) is 3.82. The van der Waals surface area contributed by atoms with Crippen LogP contribution in [0.15, 0.2) is 53.6 Å². The van der Waals surface area contributed by atoms with Crippen molar-refractivity contribution in [3.05, 3.63) is 58.9 Å². The summed E-state index contributed by atoms with van der Waals surface area (Å²) in [6.07, 6.45) is 1.05. The number of amides is 1. The van der Waals surface area contributed by atoms with Crippen LogP contribution >= 0.6 is 11.3 Å². The first-order valence-corrected chi connectivity index (χ1v) is 10.0. The highest BCUT2D eigenvalue weighted by molar-refractivity contribution is 7.92. The number of para-hydroxylation sites is 1. The number of aromatic nitrogens is 1. The Morgan fingerprint density at radius 2 is 1.92 bits per heavy atom. The van der Waals surface area contributed by atoms with Crippen LogP contribution in [0.3, 0.4) is 0 Å². The Balaban J connectivity index is 1.84. The Morgan fingerprint density at radius 1 is 1.16 bits per heavy atom. The first-order valence-electron chi connectivity index (χ1n) is 7.30. The molecule has 2 aromatic carbocycles. The van der Waals surface area contributed by atoms with Gasteiger partial charge in [0.2, 0.25) is 14.8 Å². The van der Waals surface area contributed by atoms with E-state index in [0.29, 0.717) is 16.1 Å². The Morgan fingerprint density at radius 3 is 2.64 bits per heavy atom. The second kappa shape index (κ2) is 6.69. The summed E-state index contributed by atoms with van der Waals surface area (Å²) < 4.78 is 27.9. The van der Waals surface area contributed by atoms with E-state index in [4.69, 9.17) is 0 Å². The lowest BCUT2D eigenvalue weighted by atomic mass is 10.2. The number of aryl methyl sites for hydroxylation is 1. The van der Waals surface area contributed by atoms with Crippen molar-refractivity contribution in [2.24, 2.45) is 12.1 Å². The number of thiazole rings is 1. The number of fused-ring (bicyclic) bond motifs is 1. The number of sulfonamides is 1. The topological polar surface area (TPSA) is 92.6 Å². The van der Waals surface area contributed by atoms with Gasteiger partial charge in [-0.05, 0) is 30.3 Å². The lowest BCUT2D eigenvalue weighted by Crippen LogP contribution is -2.23. The molecular formula is C16H16N4O3S2. The molecule has 0 aliphatic heterocycles. The standard InChI is InChI=1S/C16H16N4O3S2/c1-20-13-8-3-4-9-14(13)24-16(20)18-17-15(21)11-6-5-7-12(10-11)19-25(2,22)23/h3-10,19H,1-2H3,(H,17,21)/b18-16-. The van der Waals surface area contributed by atoms with Gasteiger partial charge in [-0.2, -0.15) is 0 Å². The van der Waals surface area contributed by atoms with E-state index in [1.807, 2.05) is 35.9 Å². The van der Waals surface area contributed by atoms with Crippen LogP contribution in [0.2, 0.25) is 0 Å². The number of anilines is 1. The summed E-state index contributed by atoms with van der Waals surface area (Å²) >= 11 is 1.46. The van der Waals surface area contributed by atoms with Crippen LogP contribution in [-0.4, -0.2) is 25.1 Å². The molecule has 0 spiro atoms. The van der Waals surface area contributed by atoms with Crippen LogP contribution in [0, 0.1) is 0 Å². The van der Waals surface area contributed by atoms with Crippen LogP contribution < -0.4 is 14.9 Å². The summed E-state index contributed by atoms with van der Waals surface area (Å²) in [5.74, 6) is -0.422. The van der Waals surface area contributed by atoms with Gasteiger partial charge in [0.05, 0.1) is 16.5 Å². The third kappa shape index (κ3) is 4.06. The van der Waals surface area contributed by atoms with Gasteiger partial charge in [-0.25, -0.2) is 13.8 Å². The third-order valence-electron chi connectivity index (χ3n) is 3.40. The molecule has 0 bridgehead atoms. The first-order chi connectivity index (χ1) is 11.8. The van der Waals surface area contributed by atoms with Gasteiger partial charge in [-0.15, -0.1) is 5.10 Å². The van der Waals surface area contributed by atoms with Gasteiger partial charge in [0, 0.05) is 18.3 Å². The maximum absolute atomic E-state index is 12.3. The van der Waals surface area contributed by atoms with Gasteiger partial charge in [0.1, 0.15) is 0 Å².